The lowest BCUT2D eigenvalue weighted by Crippen LogP contribution is -2.47. The van der Waals surface area contributed by atoms with Gasteiger partial charge in [-0.15, -0.1) is 35.5 Å². The lowest BCUT2D eigenvalue weighted by atomic mass is 9.79. The number of carbonyl (C=O) groups is 1. The van der Waals surface area contributed by atoms with E-state index in [9.17, 15) is 4.79 Å². The number of carbonyl (C=O) groups excluding carboxylic acids is 1. The number of thioether (sulfide) groups is 1. The fourth-order valence-corrected chi connectivity index (χ4v) is 5.15. The van der Waals surface area contributed by atoms with Gasteiger partial charge in [0.1, 0.15) is 0 Å². The molecular formula is C20H27ClN2O2S2. The maximum Gasteiger partial charge on any atom is 0.252 e. The topological polar surface area (TPSA) is 50.4 Å². The van der Waals surface area contributed by atoms with E-state index in [2.05, 4.69) is 28.1 Å². The number of benzene rings is 1. The van der Waals surface area contributed by atoms with Crippen LogP contribution in [-0.4, -0.2) is 39.3 Å². The summed E-state index contributed by atoms with van der Waals surface area (Å²) in [5.74, 6) is 0.898. The summed E-state index contributed by atoms with van der Waals surface area (Å²) in [6.45, 7) is 3.30. The number of amides is 1. The third-order valence-corrected chi connectivity index (χ3v) is 7.00. The van der Waals surface area contributed by atoms with Gasteiger partial charge >= 0.3 is 0 Å². The summed E-state index contributed by atoms with van der Waals surface area (Å²) in [5.41, 5.74) is 0.796. The SMILES string of the molecule is COCC1(CNC(=O)c2ccccc2SCc2cccs2)CCNCC1.Cl. The van der Waals surface area contributed by atoms with Crippen molar-refractivity contribution in [2.24, 2.45) is 5.41 Å². The standard InChI is InChI=1S/C20H26N2O2S2.ClH/c1-24-15-20(8-10-21-11-9-20)14-22-19(23)17-6-2-3-7-18(17)26-13-16-5-4-12-25-16;/h2-7,12,21H,8-11,13-15H2,1H3,(H,22,23);1H. The molecule has 1 fully saturated rings. The fraction of sp³-hybridized carbons (Fsp3) is 0.450. The van der Waals surface area contributed by atoms with Gasteiger partial charge < -0.3 is 15.4 Å². The quantitative estimate of drug-likeness (QED) is 0.621. The van der Waals surface area contributed by atoms with Crippen LogP contribution < -0.4 is 10.6 Å². The van der Waals surface area contributed by atoms with E-state index in [1.54, 1.807) is 30.2 Å². The third kappa shape index (κ3) is 6.22. The smallest absolute Gasteiger partial charge is 0.252 e. The molecule has 0 unspecified atom stereocenters. The molecule has 1 aliphatic heterocycles. The minimum Gasteiger partial charge on any atom is -0.384 e. The molecule has 1 amide bonds. The van der Waals surface area contributed by atoms with Crippen molar-refractivity contribution in [2.45, 2.75) is 23.5 Å². The molecule has 0 spiro atoms. The summed E-state index contributed by atoms with van der Waals surface area (Å²) < 4.78 is 5.44. The Labute approximate surface area is 175 Å². The Kier molecular flexibility index (Phi) is 9.12. The molecule has 1 aromatic heterocycles. The Hall–Kier alpha value is -1.05. The molecule has 2 N–H and O–H groups in total. The van der Waals surface area contributed by atoms with Crippen LogP contribution in [0.1, 0.15) is 28.1 Å². The first-order valence-corrected chi connectivity index (χ1v) is 10.8. The number of hydrogen-bond acceptors (Lipinski definition) is 5. The second-order valence-electron chi connectivity index (χ2n) is 6.73. The van der Waals surface area contributed by atoms with Crippen molar-refractivity contribution >= 4 is 41.4 Å². The number of hydrogen-bond donors (Lipinski definition) is 2. The van der Waals surface area contributed by atoms with Crippen molar-refractivity contribution in [3.8, 4) is 0 Å². The van der Waals surface area contributed by atoms with Gasteiger partial charge in [0.05, 0.1) is 12.2 Å². The highest BCUT2D eigenvalue weighted by Gasteiger charge is 2.32. The van der Waals surface area contributed by atoms with Gasteiger partial charge in [0.15, 0.2) is 0 Å². The summed E-state index contributed by atoms with van der Waals surface area (Å²) in [5, 5.41) is 8.64. The molecule has 0 aliphatic carbocycles. The van der Waals surface area contributed by atoms with E-state index < -0.39 is 0 Å². The summed E-state index contributed by atoms with van der Waals surface area (Å²) in [6.07, 6.45) is 2.05. The molecule has 27 heavy (non-hydrogen) atoms. The zero-order valence-corrected chi connectivity index (χ0v) is 18.0. The molecule has 1 aliphatic rings. The van der Waals surface area contributed by atoms with Crippen LogP contribution >= 0.6 is 35.5 Å². The maximum absolute atomic E-state index is 12.8. The van der Waals surface area contributed by atoms with Gasteiger partial charge in [-0.3, -0.25) is 4.79 Å². The fourth-order valence-electron chi connectivity index (χ4n) is 3.32. The molecular weight excluding hydrogens is 400 g/mol. The van der Waals surface area contributed by atoms with E-state index in [0.29, 0.717) is 13.2 Å². The molecule has 3 rings (SSSR count). The molecule has 2 heterocycles. The second-order valence-corrected chi connectivity index (χ2v) is 8.78. The van der Waals surface area contributed by atoms with Gasteiger partial charge in [0, 0.05) is 34.6 Å². The van der Waals surface area contributed by atoms with Gasteiger partial charge in [-0.25, -0.2) is 0 Å². The van der Waals surface area contributed by atoms with Crippen molar-refractivity contribution in [3.63, 3.8) is 0 Å². The van der Waals surface area contributed by atoms with E-state index >= 15 is 0 Å². The van der Waals surface area contributed by atoms with Gasteiger partial charge in [0.25, 0.3) is 5.91 Å². The lowest BCUT2D eigenvalue weighted by molar-refractivity contribution is 0.0511. The lowest BCUT2D eigenvalue weighted by Gasteiger charge is -2.37. The highest BCUT2D eigenvalue weighted by Crippen LogP contribution is 2.30. The number of nitrogens with one attached hydrogen (secondary N) is 2. The molecule has 1 aromatic carbocycles. The van der Waals surface area contributed by atoms with E-state index in [4.69, 9.17) is 4.74 Å². The minimum atomic E-state index is 0. The maximum atomic E-state index is 12.8. The highest BCUT2D eigenvalue weighted by atomic mass is 35.5. The Balaban J connectivity index is 0.00000261. The predicted octanol–water partition coefficient (Wildman–Crippen LogP) is 4.21. The van der Waals surface area contributed by atoms with Crippen molar-refractivity contribution in [2.75, 3.05) is 33.4 Å². The van der Waals surface area contributed by atoms with Crippen LogP contribution in [0, 0.1) is 5.41 Å². The number of piperidine rings is 1. The molecule has 0 radical (unpaired) electrons. The monoisotopic (exact) mass is 426 g/mol. The Morgan fingerprint density at radius 1 is 1.26 bits per heavy atom. The van der Waals surface area contributed by atoms with Crippen molar-refractivity contribution in [3.05, 3.63) is 52.2 Å². The van der Waals surface area contributed by atoms with Crippen molar-refractivity contribution < 1.29 is 9.53 Å². The van der Waals surface area contributed by atoms with Gasteiger partial charge in [-0.2, -0.15) is 0 Å². The van der Waals surface area contributed by atoms with Gasteiger partial charge in [-0.1, -0.05) is 18.2 Å². The van der Waals surface area contributed by atoms with E-state index in [1.807, 2.05) is 24.3 Å². The summed E-state index contributed by atoms with van der Waals surface area (Å²) in [7, 11) is 1.74. The Morgan fingerprint density at radius 2 is 2.04 bits per heavy atom. The van der Waals surface area contributed by atoms with E-state index in [0.717, 1.165) is 42.1 Å². The normalized spacial score (nSPS) is 15.7. The summed E-state index contributed by atoms with van der Waals surface area (Å²) in [4.78, 5) is 15.2. The van der Waals surface area contributed by atoms with Crippen LogP contribution in [-0.2, 0) is 10.5 Å². The van der Waals surface area contributed by atoms with E-state index in [1.165, 1.54) is 4.88 Å². The zero-order chi connectivity index (χ0) is 18.2. The Bertz CT molecular complexity index is 698. The molecule has 4 nitrogen and oxygen atoms in total. The molecule has 0 atom stereocenters. The molecule has 148 valence electrons. The molecule has 0 bridgehead atoms. The third-order valence-electron chi connectivity index (χ3n) is 4.82. The summed E-state index contributed by atoms with van der Waals surface area (Å²) >= 11 is 3.47. The molecule has 2 aromatic rings. The van der Waals surface area contributed by atoms with Crippen LogP contribution in [0.2, 0.25) is 0 Å². The van der Waals surface area contributed by atoms with E-state index in [-0.39, 0.29) is 23.7 Å². The minimum absolute atomic E-state index is 0. The first kappa shape index (κ1) is 22.2. The first-order chi connectivity index (χ1) is 12.7. The number of methoxy groups -OCH3 is 1. The highest BCUT2D eigenvalue weighted by molar-refractivity contribution is 7.98. The van der Waals surface area contributed by atoms with Gasteiger partial charge in [-0.05, 0) is 49.5 Å². The average Bonchev–Trinajstić information content (AvgIpc) is 3.19. The number of rotatable bonds is 8. The van der Waals surface area contributed by atoms with Crippen LogP contribution in [0.4, 0.5) is 0 Å². The van der Waals surface area contributed by atoms with Gasteiger partial charge in [0.2, 0.25) is 0 Å². The van der Waals surface area contributed by atoms with Crippen LogP contribution in [0.3, 0.4) is 0 Å². The molecule has 0 saturated carbocycles. The number of halogens is 1. The first-order valence-electron chi connectivity index (χ1n) is 8.94. The van der Waals surface area contributed by atoms with Crippen LogP contribution in [0.15, 0.2) is 46.7 Å². The van der Waals surface area contributed by atoms with Crippen LogP contribution in [0.5, 0.6) is 0 Å². The van der Waals surface area contributed by atoms with Crippen molar-refractivity contribution in [1.82, 2.24) is 10.6 Å². The summed E-state index contributed by atoms with van der Waals surface area (Å²) in [6, 6.07) is 12.1. The zero-order valence-electron chi connectivity index (χ0n) is 15.5. The second kappa shape index (κ2) is 11.1. The largest absolute Gasteiger partial charge is 0.384 e. The Morgan fingerprint density at radius 3 is 2.74 bits per heavy atom. The number of thiophene rings is 1. The average molecular weight is 427 g/mol. The van der Waals surface area contributed by atoms with Crippen molar-refractivity contribution in [1.29, 1.82) is 0 Å². The van der Waals surface area contributed by atoms with Crippen LogP contribution in [0.25, 0.3) is 0 Å². The predicted molar refractivity (Wildman–Crippen MR) is 116 cm³/mol. The number of ether oxygens (including phenoxy) is 1. The molecule has 7 heteroatoms. The molecule has 1 saturated heterocycles.